The van der Waals surface area contributed by atoms with Gasteiger partial charge in [-0.1, -0.05) is 34.8 Å². The number of benzene rings is 1. The van der Waals surface area contributed by atoms with E-state index in [0.29, 0.717) is 5.02 Å². The Kier molecular flexibility index (Phi) is 7.00. The van der Waals surface area contributed by atoms with Crippen molar-refractivity contribution < 1.29 is 45.6 Å². The van der Waals surface area contributed by atoms with Crippen LogP contribution in [0.4, 0.5) is 0 Å². The van der Waals surface area contributed by atoms with Gasteiger partial charge in [0.1, 0.15) is 10.8 Å². The van der Waals surface area contributed by atoms with Gasteiger partial charge in [-0.3, -0.25) is 0 Å². The van der Waals surface area contributed by atoms with Crippen molar-refractivity contribution in [3.05, 3.63) is 27.2 Å². The average molecular weight is 279 g/mol. The van der Waals surface area contributed by atoms with Gasteiger partial charge in [0.05, 0.1) is 10.0 Å². The molecule has 0 saturated heterocycles. The van der Waals surface area contributed by atoms with E-state index in [1.165, 1.54) is 12.1 Å². The smallest absolute Gasteiger partial charge is 1.00 e. The molecule has 7 heteroatoms. The average Bonchev–Trinajstić information content (AvgIpc) is 2.13. The van der Waals surface area contributed by atoms with E-state index < -0.39 is 12.6 Å². The number of hydrogen-bond acceptors (Lipinski definition) is 2. The third-order valence-electron chi connectivity index (χ3n) is 1.35. The van der Waals surface area contributed by atoms with E-state index >= 15 is 0 Å². The Balaban J connectivity index is 0. The number of ether oxygens (including phenoxy) is 1. The van der Waals surface area contributed by atoms with E-state index in [2.05, 4.69) is 0 Å². The van der Waals surface area contributed by atoms with E-state index in [4.69, 9.17) is 44.6 Å². The molecule has 1 aromatic carbocycles. The first kappa shape index (κ1) is 15.4. The molecular weight excluding hydrogens is 273 g/mol. The largest absolute Gasteiger partial charge is 1.00 e. The summed E-state index contributed by atoms with van der Waals surface area (Å²) in [4.78, 5) is 10.2. The quantitative estimate of drug-likeness (QED) is 0.636. The zero-order valence-electron chi connectivity index (χ0n) is 8.76. The molecule has 0 aliphatic rings. The van der Waals surface area contributed by atoms with E-state index in [9.17, 15) is 4.79 Å². The molecule has 0 unspecified atom stereocenters. The van der Waals surface area contributed by atoms with Crippen LogP contribution < -0.4 is 34.3 Å². The van der Waals surface area contributed by atoms with Crippen LogP contribution in [0.5, 0.6) is 5.75 Å². The van der Waals surface area contributed by atoms with Gasteiger partial charge in [0.25, 0.3) is 0 Å². The van der Waals surface area contributed by atoms with E-state index in [1.54, 1.807) is 0 Å². The second-order valence-corrected chi connectivity index (χ2v) is 3.52. The Morgan fingerprint density at radius 2 is 1.93 bits per heavy atom. The van der Waals surface area contributed by atoms with Gasteiger partial charge in [0, 0.05) is 0 Å². The van der Waals surface area contributed by atoms with Crippen molar-refractivity contribution >= 4 is 40.8 Å². The first-order valence-corrected chi connectivity index (χ1v) is 4.64. The minimum Gasteiger partial charge on any atom is -1.00 e. The summed E-state index contributed by atoms with van der Waals surface area (Å²) in [6.45, 7) is -0.475. The molecule has 0 heterocycles. The molecule has 1 aromatic rings. The van der Waals surface area contributed by atoms with Crippen molar-refractivity contribution in [2.75, 3.05) is 6.61 Å². The molecule has 0 aliphatic heterocycles. The molecular formula is C8H6Cl3NaO3. The summed E-state index contributed by atoms with van der Waals surface area (Å²) in [5, 5.41) is 8.91. The fourth-order valence-electron chi connectivity index (χ4n) is 0.759. The second-order valence-electron chi connectivity index (χ2n) is 2.36. The fourth-order valence-corrected chi connectivity index (χ4v) is 1.34. The third kappa shape index (κ3) is 4.39. The summed E-state index contributed by atoms with van der Waals surface area (Å²) in [7, 11) is 0. The number of rotatable bonds is 3. The first-order chi connectivity index (χ1) is 6.52. The molecule has 78 valence electrons. The number of carboxylic acids is 1. The Morgan fingerprint density at radius 1 is 1.33 bits per heavy atom. The molecule has 0 amide bonds. The normalized spacial score (nSPS) is 9.27. The summed E-state index contributed by atoms with van der Waals surface area (Å²) in [6.07, 6.45) is 0. The summed E-state index contributed by atoms with van der Waals surface area (Å²) in [5.74, 6) is -0.893. The molecule has 0 aliphatic carbocycles. The molecule has 1 N–H and O–H groups in total. The maximum absolute atomic E-state index is 10.2. The maximum Gasteiger partial charge on any atom is 1.00 e. The molecule has 0 atom stereocenters. The standard InChI is InChI=1S/C8H5Cl3O3.Na.H/c9-4-1-2-5(8(11)7(4)10)14-3-6(12)13;;/h1-2H,3H2,(H,12,13);;/q;+1;-1. The number of carbonyl (C=O) groups is 1. The van der Waals surface area contributed by atoms with Gasteiger partial charge < -0.3 is 11.3 Å². The first-order valence-electron chi connectivity index (χ1n) is 3.50. The molecule has 0 radical (unpaired) electrons. The van der Waals surface area contributed by atoms with Gasteiger partial charge in [0.2, 0.25) is 0 Å². The van der Waals surface area contributed by atoms with E-state index in [-0.39, 0.29) is 46.8 Å². The van der Waals surface area contributed by atoms with Crippen LogP contribution in [0, 0.1) is 0 Å². The Morgan fingerprint density at radius 3 is 2.47 bits per heavy atom. The minimum absolute atomic E-state index is 0. The van der Waals surface area contributed by atoms with Gasteiger partial charge in [-0.05, 0) is 12.1 Å². The van der Waals surface area contributed by atoms with E-state index in [1.807, 2.05) is 0 Å². The van der Waals surface area contributed by atoms with Gasteiger partial charge in [-0.2, -0.15) is 0 Å². The van der Waals surface area contributed by atoms with E-state index in [0.717, 1.165) is 0 Å². The summed E-state index contributed by atoms with van der Waals surface area (Å²) in [6, 6.07) is 2.94. The number of halogens is 3. The second kappa shape index (κ2) is 6.84. The van der Waals surface area contributed by atoms with Gasteiger partial charge in [0.15, 0.2) is 6.61 Å². The molecule has 3 nitrogen and oxygen atoms in total. The molecule has 1 rings (SSSR count). The van der Waals surface area contributed by atoms with Crippen molar-refractivity contribution in [1.82, 2.24) is 0 Å². The van der Waals surface area contributed by atoms with Crippen LogP contribution in [-0.4, -0.2) is 17.7 Å². The minimum atomic E-state index is -1.09. The Labute approximate surface area is 125 Å². The molecule has 0 aromatic heterocycles. The maximum atomic E-state index is 10.2. The topological polar surface area (TPSA) is 46.5 Å². The predicted octanol–water partition coefficient (Wildman–Crippen LogP) is 0.227. The van der Waals surface area contributed by atoms with Crippen LogP contribution in [0.1, 0.15) is 1.43 Å². The van der Waals surface area contributed by atoms with Crippen molar-refractivity contribution in [1.29, 1.82) is 0 Å². The SMILES string of the molecule is O=C(O)COc1ccc(Cl)c(Cl)c1Cl.[H-].[Na+]. The van der Waals surface area contributed by atoms with Gasteiger partial charge in [-0.25, -0.2) is 4.79 Å². The zero-order chi connectivity index (χ0) is 10.7. The summed E-state index contributed by atoms with van der Waals surface area (Å²) >= 11 is 17.1. The Bertz CT molecular complexity index is 376. The van der Waals surface area contributed by atoms with Crippen LogP contribution in [0.3, 0.4) is 0 Å². The monoisotopic (exact) mass is 278 g/mol. The van der Waals surface area contributed by atoms with Crippen molar-refractivity contribution in [2.24, 2.45) is 0 Å². The summed E-state index contributed by atoms with van der Waals surface area (Å²) in [5.41, 5.74) is 0. The van der Waals surface area contributed by atoms with Gasteiger partial charge >= 0.3 is 35.5 Å². The molecule has 0 spiro atoms. The van der Waals surface area contributed by atoms with Gasteiger partial charge in [-0.15, -0.1) is 0 Å². The molecule has 15 heavy (non-hydrogen) atoms. The fraction of sp³-hybridized carbons (Fsp3) is 0.125. The van der Waals surface area contributed by atoms with Crippen LogP contribution >= 0.6 is 34.8 Å². The van der Waals surface area contributed by atoms with Crippen LogP contribution in [0.15, 0.2) is 12.1 Å². The van der Waals surface area contributed by atoms with Crippen molar-refractivity contribution in [2.45, 2.75) is 0 Å². The third-order valence-corrected chi connectivity index (χ3v) is 2.63. The molecule has 0 fully saturated rings. The Hall–Kier alpha value is 0.360. The van der Waals surface area contributed by atoms with Crippen LogP contribution in [0.25, 0.3) is 0 Å². The van der Waals surface area contributed by atoms with Crippen LogP contribution in [-0.2, 0) is 4.79 Å². The van der Waals surface area contributed by atoms with Crippen molar-refractivity contribution in [3.63, 3.8) is 0 Å². The summed E-state index contributed by atoms with van der Waals surface area (Å²) < 4.78 is 4.86. The zero-order valence-corrected chi connectivity index (χ0v) is 12.0. The van der Waals surface area contributed by atoms with Crippen LogP contribution in [0.2, 0.25) is 15.1 Å². The number of aliphatic carboxylic acids is 1. The van der Waals surface area contributed by atoms with Crippen molar-refractivity contribution in [3.8, 4) is 5.75 Å². The molecule has 0 saturated carbocycles. The molecule has 0 bridgehead atoms. The predicted molar refractivity (Wildman–Crippen MR) is 55.7 cm³/mol. The number of hydrogen-bond donors (Lipinski definition) is 1. The number of carboxylic acid groups (broad SMARTS) is 1.